The molecule has 1 fully saturated rings. The van der Waals surface area contributed by atoms with Gasteiger partial charge < -0.3 is 10.6 Å². The first-order valence-corrected chi connectivity index (χ1v) is 8.83. The minimum absolute atomic E-state index is 0. The van der Waals surface area contributed by atoms with Gasteiger partial charge in [-0.1, -0.05) is 42.6 Å². The minimum Gasteiger partial charge on any atom is -0.339 e. The number of hydrogen-bond donors (Lipinski definition) is 1. The molecule has 1 amide bonds. The standard InChI is InChI=1S/C18H27ClN2O.ClH/c19-17-10-5-4-8-15(17)14-16-9-7-13-21(16)18(22)11-3-1-2-6-12-20;/h4-5,8,10,16H,1-3,6-7,9,11-14,20H2;1H. The van der Waals surface area contributed by atoms with Crippen LogP contribution in [0, 0.1) is 0 Å². The zero-order valence-corrected chi connectivity index (χ0v) is 15.2. The van der Waals surface area contributed by atoms with E-state index in [-0.39, 0.29) is 12.4 Å². The molecule has 1 aromatic rings. The van der Waals surface area contributed by atoms with Crippen LogP contribution in [0.2, 0.25) is 5.02 Å². The molecule has 1 heterocycles. The topological polar surface area (TPSA) is 46.3 Å². The summed E-state index contributed by atoms with van der Waals surface area (Å²) in [4.78, 5) is 14.5. The van der Waals surface area contributed by atoms with Crippen molar-refractivity contribution in [3.05, 3.63) is 34.9 Å². The molecular weight excluding hydrogens is 331 g/mol. The van der Waals surface area contributed by atoms with Gasteiger partial charge in [-0.05, 0) is 50.3 Å². The fraction of sp³-hybridized carbons (Fsp3) is 0.611. The van der Waals surface area contributed by atoms with Gasteiger partial charge in [-0.15, -0.1) is 12.4 Å². The molecule has 5 heteroatoms. The van der Waals surface area contributed by atoms with Crippen molar-refractivity contribution in [1.29, 1.82) is 0 Å². The third-order valence-electron chi connectivity index (χ3n) is 4.46. The minimum atomic E-state index is 0. The first-order chi connectivity index (χ1) is 10.7. The maximum Gasteiger partial charge on any atom is 0.222 e. The molecule has 1 aliphatic rings. The quantitative estimate of drug-likeness (QED) is 0.707. The monoisotopic (exact) mass is 358 g/mol. The summed E-state index contributed by atoms with van der Waals surface area (Å²) >= 11 is 6.25. The summed E-state index contributed by atoms with van der Waals surface area (Å²) in [5, 5.41) is 0.809. The molecular formula is C18H28Cl2N2O. The number of unbranched alkanes of at least 4 members (excludes halogenated alkanes) is 3. The van der Waals surface area contributed by atoms with Crippen molar-refractivity contribution < 1.29 is 4.79 Å². The Morgan fingerprint density at radius 2 is 1.96 bits per heavy atom. The predicted octanol–water partition coefficient (Wildman–Crippen LogP) is 4.20. The van der Waals surface area contributed by atoms with Gasteiger partial charge in [0.2, 0.25) is 5.91 Å². The Balaban J connectivity index is 0.00000264. The number of benzene rings is 1. The highest BCUT2D eigenvalue weighted by Crippen LogP contribution is 2.25. The number of hydrogen-bond acceptors (Lipinski definition) is 2. The molecule has 1 saturated heterocycles. The van der Waals surface area contributed by atoms with Gasteiger partial charge in [-0.3, -0.25) is 4.79 Å². The van der Waals surface area contributed by atoms with E-state index in [0.29, 0.717) is 18.4 Å². The molecule has 0 spiro atoms. The van der Waals surface area contributed by atoms with Gasteiger partial charge in [-0.25, -0.2) is 0 Å². The summed E-state index contributed by atoms with van der Waals surface area (Å²) in [6, 6.07) is 8.27. The van der Waals surface area contributed by atoms with E-state index < -0.39 is 0 Å². The molecule has 0 aromatic heterocycles. The predicted molar refractivity (Wildman–Crippen MR) is 99.3 cm³/mol. The fourth-order valence-corrected chi connectivity index (χ4v) is 3.42. The Kier molecular flexibility index (Phi) is 9.61. The van der Waals surface area contributed by atoms with Crippen LogP contribution in [0.4, 0.5) is 0 Å². The lowest BCUT2D eigenvalue weighted by Gasteiger charge is -2.25. The normalized spacial score (nSPS) is 17.1. The SMILES string of the molecule is Cl.NCCCCCCC(=O)N1CCCC1Cc1ccccc1Cl. The molecule has 0 bridgehead atoms. The van der Waals surface area contributed by atoms with Crippen molar-refractivity contribution in [2.24, 2.45) is 5.73 Å². The highest BCUT2D eigenvalue weighted by molar-refractivity contribution is 6.31. The Morgan fingerprint density at radius 1 is 1.22 bits per heavy atom. The molecule has 130 valence electrons. The second kappa shape index (κ2) is 10.9. The van der Waals surface area contributed by atoms with E-state index in [2.05, 4.69) is 11.0 Å². The molecule has 23 heavy (non-hydrogen) atoms. The summed E-state index contributed by atoms with van der Waals surface area (Å²) in [7, 11) is 0. The van der Waals surface area contributed by atoms with Crippen LogP contribution in [-0.4, -0.2) is 29.9 Å². The lowest BCUT2D eigenvalue weighted by Crippen LogP contribution is -2.36. The summed E-state index contributed by atoms with van der Waals surface area (Å²) in [5.74, 6) is 0.308. The van der Waals surface area contributed by atoms with Crippen molar-refractivity contribution in [3.63, 3.8) is 0 Å². The van der Waals surface area contributed by atoms with Gasteiger partial charge in [0.05, 0.1) is 0 Å². The molecule has 1 aromatic carbocycles. The average molecular weight is 359 g/mol. The zero-order valence-electron chi connectivity index (χ0n) is 13.7. The van der Waals surface area contributed by atoms with Gasteiger partial charge in [0, 0.05) is 24.0 Å². The molecule has 0 aliphatic carbocycles. The number of nitrogens with zero attached hydrogens (tertiary/aromatic N) is 1. The van der Waals surface area contributed by atoms with E-state index in [0.717, 1.165) is 68.6 Å². The average Bonchev–Trinajstić information content (AvgIpc) is 2.97. The van der Waals surface area contributed by atoms with Crippen LogP contribution < -0.4 is 5.73 Å². The molecule has 1 atom stereocenters. The van der Waals surface area contributed by atoms with Gasteiger partial charge in [0.1, 0.15) is 0 Å². The van der Waals surface area contributed by atoms with Gasteiger partial charge in [0.15, 0.2) is 0 Å². The number of likely N-dealkylation sites (tertiary alicyclic amines) is 1. The Labute approximate surface area is 151 Å². The van der Waals surface area contributed by atoms with E-state index in [4.69, 9.17) is 17.3 Å². The number of carbonyl (C=O) groups is 1. The van der Waals surface area contributed by atoms with Gasteiger partial charge in [-0.2, -0.15) is 0 Å². The highest BCUT2D eigenvalue weighted by atomic mass is 35.5. The van der Waals surface area contributed by atoms with Crippen LogP contribution in [-0.2, 0) is 11.2 Å². The van der Waals surface area contributed by atoms with E-state index in [9.17, 15) is 4.79 Å². The maximum absolute atomic E-state index is 12.4. The van der Waals surface area contributed by atoms with Crippen molar-refractivity contribution in [1.82, 2.24) is 4.90 Å². The molecule has 2 rings (SSSR count). The van der Waals surface area contributed by atoms with Crippen LogP contribution in [0.5, 0.6) is 0 Å². The first kappa shape index (κ1) is 20.3. The van der Waals surface area contributed by atoms with Crippen LogP contribution >= 0.6 is 24.0 Å². The molecule has 2 N–H and O–H groups in total. The first-order valence-electron chi connectivity index (χ1n) is 8.45. The Morgan fingerprint density at radius 3 is 2.70 bits per heavy atom. The Hall–Kier alpha value is -0.770. The van der Waals surface area contributed by atoms with E-state index in [1.54, 1.807) is 0 Å². The van der Waals surface area contributed by atoms with Gasteiger partial charge in [0.25, 0.3) is 0 Å². The smallest absolute Gasteiger partial charge is 0.222 e. The van der Waals surface area contributed by atoms with Crippen molar-refractivity contribution in [2.75, 3.05) is 13.1 Å². The number of carbonyl (C=O) groups excluding carboxylic acids is 1. The van der Waals surface area contributed by atoms with Crippen LogP contribution in [0.3, 0.4) is 0 Å². The van der Waals surface area contributed by atoms with E-state index >= 15 is 0 Å². The van der Waals surface area contributed by atoms with Crippen molar-refractivity contribution in [2.45, 2.75) is 57.4 Å². The maximum atomic E-state index is 12.4. The van der Waals surface area contributed by atoms with E-state index in [1.165, 1.54) is 0 Å². The molecule has 0 saturated carbocycles. The van der Waals surface area contributed by atoms with Crippen LogP contribution in [0.15, 0.2) is 24.3 Å². The molecule has 3 nitrogen and oxygen atoms in total. The van der Waals surface area contributed by atoms with E-state index in [1.807, 2.05) is 18.2 Å². The molecule has 0 radical (unpaired) electrons. The summed E-state index contributed by atoms with van der Waals surface area (Å²) < 4.78 is 0. The summed E-state index contributed by atoms with van der Waals surface area (Å²) in [6.07, 6.45) is 8.01. The zero-order chi connectivity index (χ0) is 15.8. The van der Waals surface area contributed by atoms with Crippen molar-refractivity contribution in [3.8, 4) is 0 Å². The van der Waals surface area contributed by atoms with Crippen LogP contribution in [0.25, 0.3) is 0 Å². The fourth-order valence-electron chi connectivity index (χ4n) is 3.21. The summed E-state index contributed by atoms with van der Waals surface area (Å²) in [6.45, 7) is 1.65. The number of amides is 1. The summed E-state index contributed by atoms with van der Waals surface area (Å²) in [5.41, 5.74) is 6.64. The van der Waals surface area contributed by atoms with Crippen molar-refractivity contribution >= 4 is 29.9 Å². The second-order valence-corrected chi connectivity index (χ2v) is 6.54. The Bertz CT molecular complexity index is 482. The van der Waals surface area contributed by atoms with Crippen LogP contribution in [0.1, 0.15) is 50.5 Å². The highest BCUT2D eigenvalue weighted by Gasteiger charge is 2.28. The number of nitrogens with two attached hydrogens (primary N) is 1. The van der Waals surface area contributed by atoms with Gasteiger partial charge >= 0.3 is 0 Å². The molecule has 1 unspecified atom stereocenters. The number of rotatable bonds is 8. The second-order valence-electron chi connectivity index (χ2n) is 6.13. The largest absolute Gasteiger partial charge is 0.339 e. The molecule has 1 aliphatic heterocycles. The number of halogens is 2. The lowest BCUT2D eigenvalue weighted by atomic mass is 10.0. The lowest BCUT2D eigenvalue weighted by molar-refractivity contribution is -0.132. The third kappa shape index (κ3) is 6.33. The third-order valence-corrected chi connectivity index (χ3v) is 4.82.